The molecule has 21 heavy (non-hydrogen) atoms. The quantitative estimate of drug-likeness (QED) is 0.678. The molecule has 0 radical (unpaired) electrons. The van der Waals surface area contributed by atoms with Crippen molar-refractivity contribution in [1.82, 2.24) is 0 Å². The van der Waals surface area contributed by atoms with Crippen LogP contribution in [0, 0.1) is 6.92 Å². The van der Waals surface area contributed by atoms with E-state index in [9.17, 15) is 9.90 Å². The Morgan fingerprint density at radius 3 is 2.81 bits per heavy atom. The highest BCUT2D eigenvalue weighted by atomic mass is 16.4. The summed E-state index contributed by atoms with van der Waals surface area (Å²) in [6.45, 7) is 1.86. The number of aryl methyl sites for hydroxylation is 1. The Kier molecular flexibility index (Phi) is 3.78. The SMILES string of the molecule is Cc1cc(=O)oc2c(C=NC3CCCCC3)c(O)ccc12. The molecule has 0 bridgehead atoms. The first-order chi connectivity index (χ1) is 10.1. The predicted octanol–water partition coefficient (Wildman–Crippen LogP) is 3.56. The minimum absolute atomic E-state index is 0.0933. The van der Waals surface area contributed by atoms with Crippen molar-refractivity contribution in [2.24, 2.45) is 4.99 Å². The minimum atomic E-state index is -0.405. The molecule has 1 aliphatic carbocycles. The number of rotatable bonds is 2. The number of aromatic hydroxyl groups is 1. The van der Waals surface area contributed by atoms with Crippen LogP contribution in [0.5, 0.6) is 5.75 Å². The van der Waals surface area contributed by atoms with E-state index in [-0.39, 0.29) is 5.75 Å². The number of nitrogens with zero attached hydrogens (tertiary/aromatic N) is 1. The van der Waals surface area contributed by atoms with Crippen LogP contribution in [0.4, 0.5) is 0 Å². The second-order valence-corrected chi connectivity index (χ2v) is 5.69. The molecule has 0 aliphatic heterocycles. The Balaban J connectivity index is 2.06. The number of benzene rings is 1. The lowest BCUT2D eigenvalue weighted by molar-refractivity contribution is 0.444. The van der Waals surface area contributed by atoms with Gasteiger partial charge in [-0.3, -0.25) is 4.99 Å². The number of phenolic OH excluding ortho intramolecular Hbond substituents is 1. The van der Waals surface area contributed by atoms with Crippen LogP contribution in [0.2, 0.25) is 0 Å². The Morgan fingerprint density at radius 2 is 2.05 bits per heavy atom. The molecule has 0 amide bonds. The maximum absolute atomic E-state index is 11.6. The first kappa shape index (κ1) is 13.9. The smallest absolute Gasteiger partial charge is 0.336 e. The Hall–Kier alpha value is -2.10. The molecule has 1 aromatic carbocycles. The van der Waals surface area contributed by atoms with Crippen LogP contribution in [0.25, 0.3) is 11.0 Å². The zero-order valence-electron chi connectivity index (χ0n) is 12.1. The number of fused-ring (bicyclic) bond motifs is 1. The first-order valence-corrected chi connectivity index (χ1v) is 7.45. The average Bonchev–Trinajstić information content (AvgIpc) is 2.47. The van der Waals surface area contributed by atoms with Gasteiger partial charge in [0.05, 0.1) is 5.56 Å². The van der Waals surface area contributed by atoms with Gasteiger partial charge in [-0.25, -0.2) is 4.79 Å². The van der Waals surface area contributed by atoms with Crippen LogP contribution in [-0.2, 0) is 0 Å². The van der Waals surface area contributed by atoms with E-state index in [0.29, 0.717) is 17.2 Å². The average molecular weight is 285 g/mol. The fourth-order valence-electron chi connectivity index (χ4n) is 2.93. The summed E-state index contributed by atoms with van der Waals surface area (Å²) in [5.74, 6) is 0.0933. The number of aliphatic imine (C=N–C) groups is 1. The molecule has 1 N–H and O–H groups in total. The van der Waals surface area contributed by atoms with Crippen LogP contribution in [0.1, 0.15) is 43.2 Å². The molecule has 1 aliphatic rings. The fourth-order valence-corrected chi connectivity index (χ4v) is 2.93. The molecule has 0 saturated heterocycles. The highest BCUT2D eigenvalue weighted by Crippen LogP contribution is 2.27. The van der Waals surface area contributed by atoms with Gasteiger partial charge in [0.25, 0.3) is 0 Å². The van der Waals surface area contributed by atoms with E-state index in [1.54, 1.807) is 18.3 Å². The van der Waals surface area contributed by atoms with E-state index in [4.69, 9.17) is 4.42 Å². The van der Waals surface area contributed by atoms with E-state index >= 15 is 0 Å². The van der Waals surface area contributed by atoms with Crippen molar-refractivity contribution >= 4 is 17.2 Å². The van der Waals surface area contributed by atoms with Gasteiger partial charge in [0.15, 0.2) is 5.58 Å². The van der Waals surface area contributed by atoms with Crippen LogP contribution in [-0.4, -0.2) is 17.4 Å². The molecule has 0 unspecified atom stereocenters. The molecular weight excluding hydrogens is 266 g/mol. The monoisotopic (exact) mass is 285 g/mol. The van der Waals surface area contributed by atoms with Crippen LogP contribution >= 0.6 is 0 Å². The maximum atomic E-state index is 11.6. The number of phenols is 1. The van der Waals surface area contributed by atoms with E-state index in [0.717, 1.165) is 23.8 Å². The van der Waals surface area contributed by atoms with Gasteiger partial charge >= 0.3 is 5.63 Å². The molecule has 1 saturated carbocycles. The van der Waals surface area contributed by atoms with Crippen LogP contribution in [0.15, 0.2) is 32.4 Å². The lowest BCUT2D eigenvalue weighted by Crippen LogP contribution is -2.09. The summed E-state index contributed by atoms with van der Waals surface area (Å²) in [7, 11) is 0. The van der Waals surface area contributed by atoms with Crippen molar-refractivity contribution in [3.05, 3.63) is 39.7 Å². The Bertz CT molecular complexity index is 740. The van der Waals surface area contributed by atoms with Crippen molar-refractivity contribution in [3.63, 3.8) is 0 Å². The highest BCUT2D eigenvalue weighted by molar-refractivity contribution is 6.00. The van der Waals surface area contributed by atoms with E-state index in [2.05, 4.69) is 4.99 Å². The van der Waals surface area contributed by atoms with Gasteiger partial charge in [0.2, 0.25) is 0 Å². The van der Waals surface area contributed by atoms with Gasteiger partial charge in [-0.05, 0) is 37.5 Å². The summed E-state index contributed by atoms with van der Waals surface area (Å²) in [5.41, 5.74) is 1.35. The third-order valence-corrected chi connectivity index (χ3v) is 4.12. The summed E-state index contributed by atoms with van der Waals surface area (Å²) in [4.78, 5) is 16.2. The zero-order chi connectivity index (χ0) is 14.8. The molecule has 4 heteroatoms. The molecule has 110 valence electrons. The van der Waals surface area contributed by atoms with Gasteiger partial charge in [0, 0.05) is 23.7 Å². The fraction of sp³-hybridized carbons (Fsp3) is 0.412. The molecule has 1 heterocycles. The highest BCUT2D eigenvalue weighted by Gasteiger charge is 2.13. The molecule has 1 aromatic heterocycles. The summed E-state index contributed by atoms with van der Waals surface area (Å²) in [5, 5.41) is 10.9. The normalized spacial score (nSPS) is 16.8. The molecule has 1 fully saturated rings. The van der Waals surface area contributed by atoms with E-state index < -0.39 is 5.63 Å². The van der Waals surface area contributed by atoms with Crippen molar-refractivity contribution in [2.45, 2.75) is 45.1 Å². The summed E-state index contributed by atoms with van der Waals surface area (Å²) in [6, 6.07) is 5.16. The van der Waals surface area contributed by atoms with Crippen molar-refractivity contribution in [1.29, 1.82) is 0 Å². The van der Waals surface area contributed by atoms with Gasteiger partial charge in [-0.15, -0.1) is 0 Å². The van der Waals surface area contributed by atoms with Gasteiger partial charge in [-0.1, -0.05) is 19.3 Å². The maximum Gasteiger partial charge on any atom is 0.336 e. The Morgan fingerprint density at radius 1 is 1.29 bits per heavy atom. The summed E-state index contributed by atoms with van der Waals surface area (Å²) < 4.78 is 5.29. The Labute approximate surface area is 123 Å². The minimum Gasteiger partial charge on any atom is -0.507 e. The standard InChI is InChI=1S/C17H19NO3/c1-11-9-16(20)21-17-13(11)7-8-15(19)14(17)10-18-12-5-3-2-4-6-12/h7-10,12,19H,2-6H2,1H3. The van der Waals surface area contributed by atoms with Gasteiger partial charge < -0.3 is 9.52 Å². The first-order valence-electron chi connectivity index (χ1n) is 7.45. The van der Waals surface area contributed by atoms with Crippen molar-refractivity contribution < 1.29 is 9.52 Å². The second kappa shape index (κ2) is 5.72. The molecule has 4 nitrogen and oxygen atoms in total. The lowest BCUT2D eigenvalue weighted by Gasteiger charge is -2.17. The second-order valence-electron chi connectivity index (χ2n) is 5.69. The number of hydrogen-bond donors (Lipinski definition) is 1. The van der Waals surface area contributed by atoms with Gasteiger partial charge in [-0.2, -0.15) is 0 Å². The largest absolute Gasteiger partial charge is 0.507 e. The lowest BCUT2D eigenvalue weighted by atomic mass is 9.96. The number of hydrogen-bond acceptors (Lipinski definition) is 4. The summed E-state index contributed by atoms with van der Waals surface area (Å²) in [6.07, 6.45) is 7.53. The third-order valence-electron chi connectivity index (χ3n) is 4.12. The van der Waals surface area contributed by atoms with E-state index in [1.165, 1.54) is 25.3 Å². The topological polar surface area (TPSA) is 62.8 Å². The zero-order valence-corrected chi connectivity index (χ0v) is 12.1. The summed E-state index contributed by atoms with van der Waals surface area (Å²) >= 11 is 0. The third kappa shape index (κ3) is 2.84. The van der Waals surface area contributed by atoms with Gasteiger partial charge in [0.1, 0.15) is 5.75 Å². The van der Waals surface area contributed by atoms with E-state index in [1.807, 2.05) is 6.92 Å². The van der Waals surface area contributed by atoms with Crippen molar-refractivity contribution in [2.75, 3.05) is 0 Å². The molecule has 0 atom stereocenters. The van der Waals surface area contributed by atoms with Crippen molar-refractivity contribution in [3.8, 4) is 5.75 Å². The van der Waals surface area contributed by atoms with Crippen LogP contribution in [0.3, 0.4) is 0 Å². The molecule has 2 aromatic rings. The molecular formula is C17H19NO3. The predicted molar refractivity (Wildman–Crippen MR) is 83.4 cm³/mol. The molecule has 3 rings (SSSR count). The molecule has 0 spiro atoms. The van der Waals surface area contributed by atoms with Crippen LogP contribution < -0.4 is 5.63 Å².